The van der Waals surface area contributed by atoms with E-state index < -0.39 is 5.31 Å². The Morgan fingerprint density at radius 2 is 1.08 bits per heavy atom. The second kappa shape index (κ2) is 16.6. The first-order valence-corrected chi connectivity index (χ1v) is 22.8. The quantitative estimate of drug-likeness (QED) is 0.114. The second-order valence-electron chi connectivity index (χ2n) is 14.3. The molecule has 0 N–H and O–H groups in total. The number of allylic oxidation sites excluding steroid dienone is 1. The number of rotatable bonds is 6. The Kier molecular flexibility index (Phi) is 13.2. The van der Waals surface area contributed by atoms with E-state index in [2.05, 4.69) is 140 Å². The van der Waals surface area contributed by atoms with Crippen LogP contribution in [0.5, 0.6) is 0 Å². The third-order valence-corrected chi connectivity index (χ3v) is 19.8. The van der Waals surface area contributed by atoms with Gasteiger partial charge in [-0.05, 0) is 30.6 Å². The molecule has 9 rings (SSSR count). The fourth-order valence-corrected chi connectivity index (χ4v) is 14.4. The topological polar surface area (TPSA) is 54.0 Å². The first kappa shape index (κ1) is 39.6. The van der Waals surface area contributed by atoms with Crippen molar-refractivity contribution in [3.8, 4) is 0 Å². The zero-order valence-corrected chi connectivity index (χ0v) is 32.6. The van der Waals surface area contributed by atoms with Crippen LogP contribution < -0.4 is 34.8 Å². The number of carbonyl (C=O) groups is 1. The van der Waals surface area contributed by atoms with E-state index in [1.807, 2.05) is 0 Å². The van der Waals surface area contributed by atoms with Crippen LogP contribution in [0.3, 0.4) is 0 Å². The summed E-state index contributed by atoms with van der Waals surface area (Å²) in [6.07, 6.45) is 9.89. The molecule has 0 aromatic heterocycles. The summed E-state index contributed by atoms with van der Waals surface area (Å²) >= 11 is 4.24. The summed E-state index contributed by atoms with van der Waals surface area (Å²) in [6, 6.07) is 32.3. The summed E-state index contributed by atoms with van der Waals surface area (Å²) in [5.74, 6) is 2.81. The largest absolute Gasteiger partial charge is 1.00 e. The average Bonchev–Trinajstić information content (AvgIpc) is 3.66. The Bertz CT molecular complexity index is 1360. The molecule has 4 aliphatic carbocycles. The maximum absolute atomic E-state index is 10.6. The molecule has 0 amide bonds. The van der Waals surface area contributed by atoms with Crippen molar-refractivity contribution >= 4 is 43.0 Å². The molecule has 2 saturated heterocycles. The molecule has 0 bridgehead atoms. The zero-order valence-electron chi connectivity index (χ0n) is 30.1. The number of benzene rings is 3. The van der Waals surface area contributed by atoms with Crippen molar-refractivity contribution in [3.05, 3.63) is 111 Å². The molecular weight excluding hydrogens is 702 g/mol. The minimum Gasteiger partial charge on any atom is -0.347 e. The Hall–Kier alpha value is -1.58. The Morgan fingerprint density at radius 1 is 0.740 bits per heavy atom. The van der Waals surface area contributed by atoms with Gasteiger partial charge in [0.25, 0.3) is 0 Å². The molecule has 50 heavy (non-hydrogen) atoms. The minimum absolute atomic E-state index is 0. The van der Waals surface area contributed by atoms with Crippen LogP contribution in [-0.4, -0.2) is 51.0 Å². The molecule has 3 aromatic carbocycles. The maximum Gasteiger partial charge on any atom is 1.00 e. The van der Waals surface area contributed by atoms with Crippen LogP contribution in [0.15, 0.2) is 104 Å². The second-order valence-corrected chi connectivity index (χ2v) is 24.0. The van der Waals surface area contributed by atoms with Gasteiger partial charge < -0.3 is 30.7 Å². The van der Waals surface area contributed by atoms with Crippen molar-refractivity contribution in [1.29, 1.82) is 0 Å². The van der Waals surface area contributed by atoms with Gasteiger partial charge in [0, 0.05) is 30.6 Å². The van der Waals surface area contributed by atoms with Crippen molar-refractivity contribution in [2.24, 2.45) is 35.5 Å². The average molecular weight is 756 g/mol. The molecule has 6 atom stereocenters. The van der Waals surface area contributed by atoms with Gasteiger partial charge in [-0.3, -0.25) is 0 Å². The molecule has 2 heterocycles. The Morgan fingerprint density at radius 3 is 1.36 bits per heavy atom. The fourth-order valence-electron chi connectivity index (χ4n) is 8.77. The van der Waals surface area contributed by atoms with Gasteiger partial charge in [0.1, 0.15) is 6.29 Å². The molecule has 2 spiro atoms. The van der Waals surface area contributed by atoms with Gasteiger partial charge in [-0.25, -0.2) is 0 Å². The maximum atomic E-state index is 10.6. The van der Waals surface area contributed by atoms with Crippen LogP contribution >= 0.6 is 20.8 Å². The number of carbonyl (C=O) groups excluding carboxylic acids is 1. The van der Waals surface area contributed by atoms with Gasteiger partial charge in [-0.2, -0.15) is 6.42 Å². The predicted molar refractivity (Wildman–Crippen MR) is 205 cm³/mol. The number of aldehydes is 1. The molecular formula is C42H53BrLiO5P. The zero-order chi connectivity index (χ0) is 34.6. The molecule has 8 heteroatoms. The van der Waals surface area contributed by atoms with Crippen LogP contribution in [-0.2, 0) is 23.7 Å². The number of hydrogen-bond acceptors (Lipinski definition) is 5. The van der Waals surface area contributed by atoms with Crippen molar-refractivity contribution in [2.45, 2.75) is 57.0 Å². The first-order chi connectivity index (χ1) is 23.8. The first-order valence-electron chi connectivity index (χ1n) is 18.1. The molecule has 2 aliphatic heterocycles. The van der Waals surface area contributed by atoms with Gasteiger partial charge >= 0.3 is 153 Å². The van der Waals surface area contributed by atoms with Gasteiger partial charge in [-0.15, -0.1) is 6.58 Å². The van der Waals surface area contributed by atoms with Crippen LogP contribution in [0.4, 0.5) is 0 Å². The summed E-state index contributed by atoms with van der Waals surface area (Å²) in [5, 5.41) is 1.48. The summed E-state index contributed by atoms with van der Waals surface area (Å²) in [5.41, 5.74) is 0. The minimum atomic E-state index is -2.56. The Balaban J connectivity index is 0.000000144. The van der Waals surface area contributed by atoms with E-state index in [9.17, 15) is 4.79 Å². The molecule has 4 saturated carbocycles. The predicted octanol–water partition coefficient (Wildman–Crippen LogP) is 5.24. The number of halogens is 1. The van der Waals surface area contributed by atoms with E-state index in [4.69, 9.17) is 18.9 Å². The van der Waals surface area contributed by atoms with Crippen molar-refractivity contribution in [1.82, 2.24) is 0 Å². The van der Waals surface area contributed by atoms with Crippen molar-refractivity contribution in [3.63, 3.8) is 0 Å². The molecule has 3 aromatic rings. The van der Waals surface area contributed by atoms with E-state index in [1.54, 1.807) is 0 Å². The normalized spacial score (nSPS) is 29.2. The summed E-state index contributed by atoms with van der Waals surface area (Å²) < 4.78 is 22.6. The molecule has 0 unspecified atom stereocenters. The van der Waals surface area contributed by atoms with Crippen molar-refractivity contribution in [2.75, 3.05) is 33.1 Å². The monoisotopic (exact) mass is 754 g/mol. The van der Waals surface area contributed by atoms with Crippen LogP contribution in [0.2, 0.25) is 0 Å². The number of hydrogen-bond donors (Lipinski definition) is 0. The molecule has 6 aliphatic rings. The summed E-state index contributed by atoms with van der Waals surface area (Å²) in [7, 11) is 0. The Labute approximate surface area is 320 Å². The van der Waals surface area contributed by atoms with Crippen LogP contribution in [0.25, 0.3) is 0 Å². The van der Waals surface area contributed by atoms with Gasteiger partial charge in [0.2, 0.25) is 0 Å². The molecule has 264 valence electrons. The number of ether oxygens (including phenoxy) is 4. The smallest absolute Gasteiger partial charge is 0.347 e. The van der Waals surface area contributed by atoms with Gasteiger partial charge in [0.05, 0.1) is 26.4 Å². The molecule has 0 radical (unpaired) electrons. The van der Waals surface area contributed by atoms with E-state index in [1.165, 1.54) is 28.8 Å². The van der Waals surface area contributed by atoms with E-state index in [-0.39, 0.29) is 36.4 Å². The number of fused-ring (bicyclic) bond motifs is 4. The number of unbranched alkanes of at least 4 members (excludes halogenated alkanes) is 1. The summed E-state index contributed by atoms with van der Waals surface area (Å²) in [4.78, 5) is 10.6. The van der Waals surface area contributed by atoms with Crippen LogP contribution in [0, 0.1) is 42.4 Å². The van der Waals surface area contributed by atoms with Crippen molar-refractivity contribution < 1.29 is 42.6 Å². The third-order valence-electron chi connectivity index (χ3n) is 11.6. The fraction of sp³-hybridized carbons (Fsp3) is 0.476. The third kappa shape index (κ3) is 7.44. The van der Waals surface area contributed by atoms with E-state index in [0.717, 1.165) is 51.1 Å². The molecule has 5 nitrogen and oxygen atoms in total. The standard InChI is InChI=1S/C19H18BrP.C10H14O2.C9H12O3.C4H9.Li/c1-21(20,17-11-5-2-6-12-17,18-13-7-3-8-14-18)19-15-9-4-10-16-19;1-2-7-8-3-4-10(9(7)8)11-5-6-12-10;10-5-7-6-1-2-9(8(6)7)11-3-4-12-9;1-3-4-2;/h2-16H,1H3;2,7-9H,1,3-6H2;5-8H,1-4H2;1,3-4H2,2H3;/q;;;-1;+1/t;7-,8-,9+;6-,7-,8-;;/m.11../s1. The SMILES string of the molecule is C=C[C@@H]1[C@H]2CCC3(OCCO3)[C@@H]12.CP(Br)(c1ccccc1)(c1ccccc1)c1ccccc1.O=C[C@@H]1[C@H]2CCC3(OCCO3)[C@@H]12.[CH2-]CCC.[Li+]. The van der Waals surface area contributed by atoms with Crippen LogP contribution in [0.1, 0.15) is 45.4 Å². The summed E-state index contributed by atoms with van der Waals surface area (Å²) in [6.45, 7) is 14.9. The van der Waals surface area contributed by atoms with Gasteiger partial charge in [-0.1, -0.05) is 19.4 Å². The van der Waals surface area contributed by atoms with Gasteiger partial charge in [0.15, 0.2) is 11.6 Å². The van der Waals surface area contributed by atoms with E-state index >= 15 is 0 Å². The van der Waals surface area contributed by atoms with E-state index in [0.29, 0.717) is 36.9 Å². The molecule has 6 fully saturated rings.